The molecule has 0 aromatic heterocycles. The molecule has 0 aromatic carbocycles. The summed E-state index contributed by atoms with van der Waals surface area (Å²) in [4.78, 5) is 37.7. The van der Waals surface area contributed by atoms with Crippen molar-refractivity contribution in [1.82, 2.24) is 0 Å². The van der Waals surface area contributed by atoms with Crippen LogP contribution in [0.3, 0.4) is 0 Å². The molecule has 0 aliphatic rings. The van der Waals surface area contributed by atoms with Crippen LogP contribution in [0.5, 0.6) is 0 Å². The topological polar surface area (TPSA) is 78.9 Å². The third kappa shape index (κ3) is 41.8. The molecule has 0 heterocycles. The molecule has 0 N–H and O–H groups in total. The lowest BCUT2D eigenvalue weighted by Gasteiger charge is -2.18. The lowest BCUT2D eigenvalue weighted by atomic mass is 10.1. The van der Waals surface area contributed by atoms with Gasteiger partial charge in [0.15, 0.2) is 6.10 Å². The minimum atomic E-state index is -0.802. The minimum Gasteiger partial charge on any atom is -0.462 e. The van der Waals surface area contributed by atoms with Crippen molar-refractivity contribution in [1.29, 1.82) is 0 Å². The van der Waals surface area contributed by atoms with Crippen LogP contribution in [0.25, 0.3) is 0 Å². The van der Waals surface area contributed by atoms with Crippen LogP contribution in [-0.2, 0) is 28.6 Å². The average Bonchev–Trinajstić information content (AvgIpc) is 3.18. The third-order valence-corrected chi connectivity index (χ3v) is 9.24. The summed E-state index contributed by atoms with van der Waals surface area (Å²) in [7, 11) is 0. The summed E-state index contributed by atoms with van der Waals surface area (Å²) in [6.45, 7) is 6.42. The molecule has 0 fully saturated rings. The molecule has 0 rings (SSSR count). The van der Waals surface area contributed by atoms with Crippen LogP contribution in [0.15, 0.2) is 72.9 Å². The van der Waals surface area contributed by atoms with Gasteiger partial charge in [0.1, 0.15) is 13.2 Å². The van der Waals surface area contributed by atoms with Crippen LogP contribution in [0.1, 0.15) is 201 Å². The summed E-state index contributed by atoms with van der Waals surface area (Å²) in [6.07, 6.45) is 53.1. The number of carbonyl (C=O) groups excluding carboxylic acids is 3. The SMILES string of the molecule is CCCC/C=C\C=C/CCCCCC(=O)OCC(COC(=O)CCCCCCCC/C=C\C=C/CCCCC)OC(=O)CCCCC/C=C\C=C/CCCC. The van der Waals surface area contributed by atoms with E-state index in [2.05, 4.69) is 93.7 Å². The molecule has 0 aliphatic heterocycles. The zero-order chi connectivity index (χ0) is 40.1. The Hall–Kier alpha value is -3.15. The van der Waals surface area contributed by atoms with E-state index in [-0.39, 0.29) is 37.5 Å². The Bertz CT molecular complexity index is 1070. The van der Waals surface area contributed by atoms with E-state index in [0.717, 1.165) is 89.9 Å². The first-order valence-corrected chi connectivity index (χ1v) is 22.5. The molecule has 6 heteroatoms. The van der Waals surface area contributed by atoms with E-state index in [0.29, 0.717) is 12.8 Å². The van der Waals surface area contributed by atoms with Gasteiger partial charge in [0, 0.05) is 19.3 Å². The maximum Gasteiger partial charge on any atom is 0.306 e. The standard InChI is InChI=1S/C49H82O6/c1-4-7-10-13-16-19-22-23-24-25-28-30-33-36-39-42-48(51)54-45-46(55-49(52)43-40-37-34-31-27-21-18-15-12-9-6-3)44-53-47(50)41-38-35-32-29-26-20-17-14-11-8-5-2/h14-23,26-27,46H,4-13,24-25,28-45H2,1-3H3/b17-14-,18-15-,19-16-,23-22-,26-20-,27-21-. The van der Waals surface area contributed by atoms with E-state index in [1.165, 1.54) is 70.6 Å². The van der Waals surface area contributed by atoms with Crippen LogP contribution >= 0.6 is 0 Å². The molecule has 0 aliphatic carbocycles. The number of hydrogen-bond donors (Lipinski definition) is 0. The summed E-state index contributed by atoms with van der Waals surface area (Å²) in [5, 5.41) is 0. The first-order chi connectivity index (χ1) is 27.0. The first-order valence-electron chi connectivity index (χ1n) is 22.5. The van der Waals surface area contributed by atoms with Crippen LogP contribution in [-0.4, -0.2) is 37.2 Å². The number of unbranched alkanes of at least 4 members (excludes halogenated alkanes) is 19. The second-order valence-electron chi connectivity index (χ2n) is 14.7. The highest BCUT2D eigenvalue weighted by atomic mass is 16.6. The lowest BCUT2D eigenvalue weighted by molar-refractivity contribution is -0.167. The number of hydrogen-bond acceptors (Lipinski definition) is 6. The molecule has 6 nitrogen and oxygen atoms in total. The Morgan fingerprint density at radius 2 is 0.655 bits per heavy atom. The van der Waals surface area contributed by atoms with Gasteiger partial charge in [0.2, 0.25) is 0 Å². The van der Waals surface area contributed by atoms with Gasteiger partial charge in [-0.25, -0.2) is 0 Å². The van der Waals surface area contributed by atoms with Crippen molar-refractivity contribution >= 4 is 17.9 Å². The summed E-state index contributed by atoms with van der Waals surface area (Å²) < 4.78 is 16.6. The highest BCUT2D eigenvalue weighted by molar-refractivity contribution is 5.71. The van der Waals surface area contributed by atoms with E-state index in [9.17, 15) is 14.4 Å². The molecule has 0 spiro atoms. The number of ether oxygens (including phenoxy) is 3. The van der Waals surface area contributed by atoms with Gasteiger partial charge in [-0.1, -0.05) is 171 Å². The largest absolute Gasteiger partial charge is 0.462 e. The lowest BCUT2D eigenvalue weighted by Crippen LogP contribution is -2.30. The fourth-order valence-corrected chi connectivity index (χ4v) is 5.74. The molecule has 314 valence electrons. The number of carbonyl (C=O) groups is 3. The average molecular weight is 767 g/mol. The van der Waals surface area contributed by atoms with E-state index in [4.69, 9.17) is 14.2 Å². The maximum atomic E-state index is 12.7. The summed E-state index contributed by atoms with van der Waals surface area (Å²) >= 11 is 0. The van der Waals surface area contributed by atoms with Gasteiger partial charge in [-0.2, -0.15) is 0 Å². The van der Waals surface area contributed by atoms with E-state index < -0.39 is 6.10 Å². The molecule has 1 unspecified atom stereocenters. The van der Waals surface area contributed by atoms with Crippen LogP contribution < -0.4 is 0 Å². The highest BCUT2D eigenvalue weighted by Gasteiger charge is 2.19. The molecule has 1 atom stereocenters. The molecule has 0 aromatic rings. The van der Waals surface area contributed by atoms with E-state index in [1.807, 2.05) is 0 Å². The van der Waals surface area contributed by atoms with Crippen molar-refractivity contribution in [3.8, 4) is 0 Å². The Morgan fingerprint density at radius 3 is 1.04 bits per heavy atom. The van der Waals surface area contributed by atoms with Crippen molar-refractivity contribution in [3.05, 3.63) is 72.9 Å². The van der Waals surface area contributed by atoms with E-state index >= 15 is 0 Å². The fraction of sp³-hybridized carbons (Fsp3) is 0.694. The molecular weight excluding hydrogens is 685 g/mol. The Morgan fingerprint density at radius 1 is 0.364 bits per heavy atom. The highest BCUT2D eigenvalue weighted by Crippen LogP contribution is 2.12. The zero-order valence-corrected chi connectivity index (χ0v) is 35.7. The first kappa shape index (κ1) is 51.9. The smallest absolute Gasteiger partial charge is 0.306 e. The quantitative estimate of drug-likeness (QED) is 0.0268. The van der Waals surface area contributed by atoms with Crippen LogP contribution in [0.4, 0.5) is 0 Å². The predicted octanol–water partition coefficient (Wildman–Crippen LogP) is 14.3. The predicted molar refractivity (Wildman–Crippen MR) is 233 cm³/mol. The van der Waals surface area contributed by atoms with Gasteiger partial charge in [-0.3, -0.25) is 14.4 Å². The normalized spacial score (nSPS) is 12.7. The van der Waals surface area contributed by atoms with Gasteiger partial charge in [-0.05, 0) is 83.5 Å². The van der Waals surface area contributed by atoms with Crippen LogP contribution in [0.2, 0.25) is 0 Å². The fourth-order valence-electron chi connectivity index (χ4n) is 5.74. The van der Waals surface area contributed by atoms with Gasteiger partial charge >= 0.3 is 17.9 Å². The maximum absolute atomic E-state index is 12.7. The molecule has 0 bridgehead atoms. The molecule has 0 saturated carbocycles. The zero-order valence-electron chi connectivity index (χ0n) is 35.7. The molecule has 0 radical (unpaired) electrons. The van der Waals surface area contributed by atoms with Crippen molar-refractivity contribution in [3.63, 3.8) is 0 Å². The second kappa shape index (κ2) is 43.6. The second-order valence-corrected chi connectivity index (χ2v) is 14.7. The third-order valence-electron chi connectivity index (χ3n) is 9.24. The van der Waals surface area contributed by atoms with Crippen molar-refractivity contribution in [2.75, 3.05) is 13.2 Å². The Balaban J connectivity index is 4.46. The van der Waals surface area contributed by atoms with Crippen molar-refractivity contribution < 1.29 is 28.6 Å². The van der Waals surface area contributed by atoms with Crippen LogP contribution in [0, 0.1) is 0 Å². The molecule has 55 heavy (non-hydrogen) atoms. The molecular formula is C49H82O6. The number of esters is 3. The number of allylic oxidation sites excluding steroid dienone is 12. The summed E-state index contributed by atoms with van der Waals surface area (Å²) in [6, 6.07) is 0. The van der Waals surface area contributed by atoms with Crippen molar-refractivity contribution in [2.45, 2.75) is 207 Å². The van der Waals surface area contributed by atoms with Crippen molar-refractivity contribution in [2.24, 2.45) is 0 Å². The van der Waals surface area contributed by atoms with Gasteiger partial charge < -0.3 is 14.2 Å². The van der Waals surface area contributed by atoms with E-state index in [1.54, 1.807) is 0 Å². The molecule has 0 amide bonds. The Labute approximate surface area is 338 Å². The minimum absolute atomic E-state index is 0.102. The summed E-state index contributed by atoms with van der Waals surface area (Å²) in [5.74, 6) is -0.978. The number of rotatable bonds is 39. The molecule has 0 saturated heterocycles. The van der Waals surface area contributed by atoms with Gasteiger partial charge in [0.05, 0.1) is 0 Å². The van der Waals surface area contributed by atoms with Gasteiger partial charge in [0.25, 0.3) is 0 Å². The van der Waals surface area contributed by atoms with Gasteiger partial charge in [-0.15, -0.1) is 0 Å². The monoisotopic (exact) mass is 767 g/mol. The summed E-state index contributed by atoms with van der Waals surface area (Å²) in [5.41, 5.74) is 0. The Kier molecular flexibility index (Phi) is 41.1.